The zero-order valence-corrected chi connectivity index (χ0v) is 10.5. The van der Waals surface area contributed by atoms with E-state index in [0.717, 1.165) is 11.8 Å². The van der Waals surface area contributed by atoms with Crippen molar-refractivity contribution in [2.45, 2.75) is 67.2 Å². The van der Waals surface area contributed by atoms with Gasteiger partial charge in [-0.15, -0.1) is 0 Å². The Bertz CT molecular complexity index is 116. The van der Waals surface area contributed by atoms with Crippen LogP contribution in [0.1, 0.15) is 67.2 Å². The first-order valence-corrected chi connectivity index (χ1v) is 5.81. The van der Waals surface area contributed by atoms with E-state index in [9.17, 15) is 0 Å². The van der Waals surface area contributed by atoms with E-state index in [1.54, 1.807) is 0 Å². The smallest absolute Gasteiger partial charge is 0.0380 e. The van der Waals surface area contributed by atoms with Crippen LogP contribution in [0.15, 0.2) is 0 Å². The van der Waals surface area contributed by atoms with E-state index in [0.29, 0.717) is 5.41 Å². The van der Waals surface area contributed by atoms with Crippen molar-refractivity contribution in [2.75, 3.05) is 0 Å². The second kappa shape index (κ2) is 5.67. The molecule has 0 radical (unpaired) electrons. The van der Waals surface area contributed by atoms with Crippen LogP contribution in [0.3, 0.4) is 0 Å². The van der Waals surface area contributed by atoms with Gasteiger partial charge >= 0.3 is 0 Å². The molecular formula is C13H28. The highest BCUT2D eigenvalue weighted by Crippen LogP contribution is 2.27. The van der Waals surface area contributed by atoms with Crippen molar-refractivity contribution >= 4 is 0 Å². The zero-order chi connectivity index (χ0) is 10.5. The van der Waals surface area contributed by atoms with Crippen LogP contribution in [0, 0.1) is 17.3 Å². The average molecular weight is 184 g/mol. The molecular weight excluding hydrogens is 156 g/mol. The van der Waals surface area contributed by atoms with Gasteiger partial charge in [-0.2, -0.15) is 0 Å². The summed E-state index contributed by atoms with van der Waals surface area (Å²) in [5.74, 6) is 1.78. The Hall–Kier alpha value is 0. The number of hydrogen-bond acceptors (Lipinski definition) is 0. The molecule has 80 valence electrons. The zero-order valence-electron chi connectivity index (χ0n) is 10.5. The minimum Gasteiger partial charge on any atom is -0.0628 e. The van der Waals surface area contributed by atoms with E-state index in [-0.39, 0.29) is 0 Å². The summed E-state index contributed by atoms with van der Waals surface area (Å²) in [5, 5.41) is 0. The summed E-state index contributed by atoms with van der Waals surface area (Å²) in [7, 11) is 0. The minimum absolute atomic E-state index is 0.511. The molecule has 0 saturated heterocycles. The second-order valence-electron chi connectivity index (χ2n) is 6.19. The molecule has 0 nitrogen and oxygen atoms in total. The molecule has 0 aromatic rings. The first-order chi connectivity index (χ1) is 5.81. The normalized spacial score (nSPS) is 15.0. The Morgan fingerprint density at radius 3 is 1.85 bits per heavy atom. The van der Waals surface area contributed by atoms with Crippen LogP contribution < -0.4 is 0 Å². The average Bonchev–Trinajstić information content (AvgIpc) is 1.81. The molecule has 0 aromatic carbocycles. The monoisotopic (exact) mass is 184 g/mol. The molecule has 0 rings (SSSR count). The lowest BCUT2D eigenvalue weighted by atomic mass is 9.83. The fourth-order valence-electron chi connectivity index (χ4n) is 2.02. The van der Waals surface area contributed by atoms with Gasteiger partial charge in [0.25, 0.3) is 0 Å². The van der Waals surface area contributed by atoms with Gasteiger partial charge in [0.15, 0.2) is 0 Å². The van der Waals surface area contributed by atoms with E-state index >= 15 is 0 Å². The van der Waals surface area contributed by atoms with Crippen LogP contribution >= 0.6 is 0 Å². The van der Waals surface area contributed by atoms with E-state index in [1.807, 2.05) is 0 Å². The van der Waals surface area contributed by atoms with Gasteiger partial charge in [0.1, 0.15) is 0 Å². The standard InChI is InChI=1S/C13H28/c1-11(2)8-7-9-12(3)10-13(4,5)6/h11-12H,7-10H2,1-6H3/t12-/m0/s1. The molecule has 0 aromatic heterocycles. The van der Waals surface area contributed by atoms with Crippen LogP contribution in [0.2, 0.25) is 0 Å². The van der Waals surface area contributed by atoms with Gasteiger partial charge in [-0.25, -0.2) is 0 Å². The summed E-state index contributed by atoms with van der Waals surface area (Å²) >= 11 is 0. The highest BCUT2D eigenvalue weighted by Gasteiger charge is 2.14. The maximum atomic E-state index is 2.39. The number of rotatable bonds is 5. The number of hydrogen-bond donors (Lipinski definition) is 0. The quantitative estimate of drug-likeness (QED) is 0.571. The Morgan fingerprint density at radius 1 is 0.923 bits per heavy atom. The maximum absolute atomic E-state index is 2.39. The van der Waals surface area contributed by atoms with E-state index in [4.69, 9.17) is 0 Å². The van der Waals surface area contributed by atoms with E-state index in [2.05, 4.69) is 41.5 Å². The first-order valence-electron chi connectivity index (χ1n) is 5.81. The van der Waals surface area contributed by atoms with Crippen molar-refractivity contribution in [1.82, 2.24) is 0 Å². The maximum Gasteiger partial charge on any atom is -0.0380 e. The van der Waals surface area contributed by atoms with Gasteiger partial charge < -0.3 is 0 Å². The van der Waals surface area contributed by atoms with Crippen molar-refractivity contribution in [3.8, 4) is 0 Å². The molecule has 0 heterocycles. The summed E-state index contributed by atoms with van der Waals surface area (Å²) in [6.45, 7) is 14.0. The Labute approximate surface area is 85.1 Å². The second-order valence-corrected chi connectivity index (χ2v) is 6.19. The molecule has 0 unspecified atom stereocenters. The van der Waals surface area contributed by atoms with Crippen molar-refractivity contribution in [3.63, 3.8) is 0 Å². The minimum atomic E-state index is 0.511. The molecule has 0 spiro atoms. The van der Waals surface area contributed by atoms with Gasteiger partial charge in [-0.3, -0.25) is 0 Å². The molecule has 0 fully saturated rings. The summed E-state index contributed by atoms with van der Waals surface area (Å²) in [6, 6.07) is 0. The molecule has 1 atom stereocenters. The molecule has 0 N–H and O–H groups in total. The summed E-state index contributed by atoms with van der Waals surface area (Å²) in [4.78, 5) is 0. The van der Waals surface area contributed by atoms with Gasteiger partial charge in [0, 0.05) is 0 Å². The van der Waals surface area contributed by atoms with Crippen LogP contribution in [0.4, 0.5) is 0 Å². The van der Waals surface area contributed by atoms with Gasteiger partial charge in [-0.1, -0.05) is 60.8 Å². The van der Waals surface area contributed by atoms with Gasteiger partial charge in [0.2, 0.25) is 0 Å². The van der Waals surface area contributed by atoms with Crippen molar-refractivity contribution < 1.29 is 0 Å². The van der Waals surface area contributed by atoms with Crippen LogP contribution in [-0.4, -0.2) is 0 Å². The lowest BCUT2D eigenvalue weighted by molar-refractivity contribution is 0.289. The third-order valence-electron chi connectivity index (χ3n) is 2.44. The molecule has 0 amide bonds. The summed E-state index contributed by atoms with van der Waals surface area (Å²) in [6.07, 6.45) is 5.59. The molecule has 13 heavy (non-hydrogen) atoms. The highest BCUT2D eigenvalue weighted by atomic mass is 14.2. The molecule has 0 aliphatic heterocycles. The predicted molar refractivity (Wildman–Crippen MR) is 61.9 cm³/mol. The van der Waals surface area contributed by atoms with Gasteiger partial charge in [0.05, 0.1) is 0 Å². The topological polar surface area (TPSA) is 0 Å². The Morgan fingerprint density at radius 2 is 1.46 bits per heavy atom. The molecule has 0 aliphatic rings. The third-order valence-corrected chi connectivity index (χ3v) is 2.44. The fraction of sp³-hybridized carbons (Fsp3) is 1.00. The van der Waals surface area contributed by atoms with Crippen molar-refractivity contribution in [1.29, 1.82) is 0 Å². The Kier molecular flexibility index (Phi) is 5.67. The lowest BCUT2D eigenvalue weighted by Crippen LogP contribution is -2.11. The van der Waals surface area contributed by atoms with Crippen LogP contribution in [-0.2, 0) is 0 Å². The fourth-order valence-corrected chi connectivity index (χ4v) is 2.02. The largest absolute Gasteiger partial charge is 0.0628 e. The SMILES string of the molecule is CC(C)CCC[C@H](C)CC(C)(C)C. The lowest BCUT2D eigenvalue weighted by Gasteiger charge is -2.23. The van der Waals surface area contributed by atoms with Crippen LogP contribution in [0.5, 0.6) is 0 Å². The summed E-state index contributed by atoms with van der Waals surface area (Å²) in [5.41, 5.74) is 0.511. The Balaban J connectivity index is 3.46. The summed E-state index contributed by atoms with van der Waals surface area (Å²) < 4.78 is 0. The predicted octanol–water partition coefficient (Wildman–Crippen LogP) is 4.89. The molecule has 0 saturated carbocycles. The highest BCUT2D eigenvalue weighted by molar-refractivity contribution is 4.66. The molecule has 0 aliphatic carbocycles. The third kappa shape index (κ3) is 9.92. The molecule has 0 heteroatoms. The van der Waals surface area contributed by atoms with Crippen LogP contribution in [0.25, 0.3) is 0 Å². The van der Waals surface area contributed by atoms with Gasteiger partial charge in [-0.05, 0) is 23.7 Å². The van der Waals surface area contributed by atoms with E-state index in [1.165, 1.54) is 25.7 Å². The first kappa shape index (κ1) is 13.0. The van der Waals surface area contributed by atoms with Crippen molar-refractivity contribution in [3.05, 3.63) is 0 Å². The molecule has 0 bridgehead atoms. The van der Waals surface area contributed by atoms with E-state index < -0.39 is 0 Å². The van der Waals surface area contributed by atoms with Crippen molar-refractivity contribution in [2.24, 2.45) is 17.3 Å².